The minimum absolute atomic E-state index is 0.125. The number of rotatable bonds is 4. The Bertz CT molecular complexity index is 1250. The van der Waals surface area contributed by atoms with E-state index in [-0.39, 0.29) is 22.8 Å². The van der Waals surface area contributed by atoms with Crippen LogP contribution >= 0.6 is 12.2 Å². The van der Waals surface area contributed by atoms with E-state index in [0.29, 0.717) is 42.6 Å². The van der Waals surface area contributed by atoms with Crippen LogP contribution in [0, 0.1) is 4.77 Å². The number of nitrogens with one attached hydrogen (secondary N) is 1. The molecule has 1 N–H and O–H groups in total. The highest BCUT2D eigenvalue weighted by molar-refractivity contribution is 7.71. The van der Waals surface area contributed by atoms with Crippen LogP contribution in [0.15, 0.2) is 47.4 Å². The van der Waals surface area contributed by atoms with Crippen molar-refractivity contribution in [2.24, 2.45) is 0 Å². The summed E-state index contributed by atoms with van der Waals surface area (Å²) in [7, 11) is 1.29. The Morgan fingerprint density at radius 2 is 1.94 bits per heavy atom. The van der Waals surface area contributed by atoms with Crippen LogP contribution in [0.4, 0.5) is 5.82 Å². The molecule has 160 valence electrons. The molecule has 0 spiro atoms. The first kappa shape index (κ1) is 20.7. The van der Waals surface area contributed by atoms with E-state index < -0.39 is 5.97 Å². The van der Waals surface area contributed by atoms with Gasteiger partial charge in [0.1, 0.15) is 12.4 Å². The predicted molar refractivity (Wildman–Crippen MR) is 118 cm³/mol. The summed E-state index contributed by atoms with van der Waals surface area (Å²) < 4.78 is 6.08. The third kappa shape index (κ3) is 4.19. The van der Waals surface area contributed by atoms with Crippen molar-refractivity contribution in [1.82, 2.24) is 19.4 Å². The average Bonchev–Trinajstić information content (AvgIpc) is 2.81. The topological polar surface area (TPSA) is 101 Å². The molecule has 0 atom stereocenters. The third-order valence-corrected chi connectivity index (χ3v) is 5.62. The van der Waals surface area contributed by atoms with Gasteiger partial charge in [-0.3, -0.25) is 14.2 Å². The highest BCUT2D eigenvalue weighted by Gasteiger charge is 2.23. The highest BCUT2D eigenvalue weighted by atomic mass is 32.1. The zero-order valence-corrected chi connectivity index (χ0v) is 17.7. The quantitative estimate of drug-likeness (QED) is 0.487. The summed E-state index contributed by atoms with van der Waals surface area (Å²) in [5.74, 6) is 0.201. The largest absolute Gasteiger partial charge is 0.465 e. The molecule has 3 aromatic rings. The van der Waals surface area contributed by atoms with Crippen molar-refractivity contribution < 1.29 is 14.3 Å². The van der Waals surface area contributed by atoms with Gasteiger partial charge in [0.05, 0.1) is 23.6 Å². The first-order valence-corrected chi connectivity index (χ1v) is 10.2. The summed E-state index contributed by atoms with van der Waals surface area (Å²) in [5.41, 5.74) is 0.348. The fraction of sp³-hybridized carbons (Fsp3) is 0.286. The summed E-state index contributed by atoms with van der Waals surface area (Å²) in [6.45, 7) is 2.26. The van der Waals surface area contributed by atoms with E-state index in [0.717, 1.165) is 5.82 Å². The number of hydrogen-bond acceptors (Lipinski definition) is 7. The number of aromatic amines is 1. The molecule has 2 aromatic heterocycles. The molecule has 31 heavy (non-hydrogen) atoms. The zero-order chi connectivity index (χ0) is 22.0. The number of pyridine rings is 1. The maximum atomic E-state index is 12.9. The van der Waals surface area contributed by atoms with E-state index in [1.165, 1.54) is 29.9 Å². The average molecular weight is 439 g/mol. The number of H-pyrrole nitrogens is 1. The Morgan fingerprint density at radius 3 is 2.61 bits per heavy atom. The fourth-order valence-electron chi connectivity index (χ4n) is 3.60. The second-order valence-corrected chi connectivity index (χ2v) is 7.52. The van der Waals surface area contributed by atoms with Crippen molar-refractivity contribution in [1.29, 1.82) is 0 Å². The molecule has 1 amide bonds. The molecule has 9 nitrogen and oxygen atoms in total. The van der Waals surface area contributed by atoms with Gasteiger partial charge in [-0.05, 0) is 42.5 Å². The first-order chi connectivity index (χ1) is 15.0. The van der Waals surface area contributed by atoms with Crippen LogP contribution in [-0.2, 0) is 16.1 Å². The number of methoxy groups -OCH3 is 1. The van der Waals surface area contributed by atoms with Crippen molar-refractivity contribution in [3.63, 3.8) is 0 Å². The minimum atomic E-state index is -0.509. The van der Waals surface area contributed by atoms with Gasteiger partial charge in [-0.15, -0.1) is 0 Å². The Hall–Kier alpha value is -3.53. The molecular weight excluding hydrogens is 418 g/mol. The lowest BCUT2D eigenvalue weighted by Gasteiger charge is -2.35. The molecule has 1 aromatic carbocycles. The van der Waals surface area contributed by atoms with Crippen LogP contribution in [0.1, 0.15) is 10.4 Å². The molecule has 4 rings (SSSR count). The van der Waals surface area contributed by atoms with Gasteiger partial charge >= 0.3 is 5.97 Å². The van der Waals surface area contributed by atoms with Crippen LogP contribution in [0.5, 0.6) is 0 Å². The number of hydrogen-bond donors (Lipinski definition) is 1. The van der Waals surface area contributed by atoms with Crippen molar-refractivity contribution in [3.8, 4) is 0 Å². The summed E-state index contributed by atoms with van der Waals surface area (Å²) in [6.07, 6.45) is 1.74. The van der Waals surface area contributed by atoms with Crippen molar-refractivity contribution in [3.05, 3.63) is 63.3 Å². The lowest BCUT2D eigenvalue weighted by molar-refractivity contribution is -0.132. The van der Waals surface area contributed by atoms with E-state index in [1.807, 2.05) is 18.2 Å². The second-order valence-electron chi connectivity index (χ2n) is 7.13. The number of nitrogens with zero attached hydrogens (tertiary/aromatic N) is 4. The number of ether oxygens (including phenoxy) is 1. The van der Waals surface area contributed by atoms with Crippen LogP contribution in [0.2, 0.25) is 0 Å². The molecule has 3 heterocycles. The zero-order valence-electron chi connectivity index (χ0n) is 16.9. The third-order valence-electron chi connectivity index (χ3n) is 5.30. The number of carbonyl (C=O) groups is 2. The van der Waals surface area contributed by atoms with Crippen LogP contribution < -0.4 is 10.5 Å². The van der Waals surface area contributed by atoms with E-state index in [2.05, 4.69) is 14.9 Å². The smallest absolute Gasteiger partial charge is 0.337 e. The molecular formula is C21H21N5O4S. The molecule has 0 bridgehead atoms. The van der Waals surface area contributed by atoms with Crippen LogP contribution in [0.3, 0.4) is 0 Å². The van der Waals surface area contributed by atoms with Gasteiger partial charge in [0.25, 0.3) is 5.56 Å². The Balaban J connectivity index is 1.51. The fourth-order valence-corrected chi connectivity index (χ4v) is 3.86. The van der Waals surface area contributed by atoms with Gasteiger partial charge in [0.2, 0.25) is 5.91 Å². The molecule has 10 heteroatoms. The molecule has 0 aliphatic carbocycles. The number of benzene rings is 1. The molecule has 0 saturated carbocycles. The Kier molecular flexibility index (Phi) is 5.81. The Labute approximate surface area is 182 Å². The van der Waals surface area contributed by atoms with Crippen molar-refractivity contribution in [2.75, 3.05) is 38.2 Å². The lowest BCUT2D eigenvalue weighted by atomic mass is 10.1. The van der Waals surface area contributed by atoms with Gasteiger partial charge in [0, 0.05) is 32.4 Å². The number of amides is 1. The van der Waals surface area contributed by atoms with Gasteiger partial charge in [-0.25, -0.2) is 9.78 Å². The van der Waals surface area contributed by atoms with Gasteiger partial charge < -0.3 is 19.5 Å². The van der Waals surface area contributed by atoms with E-state index in [1.54, 1.807) is 11.1 Å². The SMILES string of the molecule is COC(=O)c1ccc2c(=O)n(CC(=O)N3CCN(c4ccccn4)CC3)c(=S)[nH]c2c1. The molecule has 1 aliphatic rings. The van der Waals surface area contributed by atoms with E-state index in [4.69, 9.17) is 17.0 Å². The predicted octanol–water partition coefficient (Wildman–Crippen LogP) is 1.59. The normalized spacial score (nSPS) is 14.0. The molecule has 0 radical (unpaired) electrons. The molecule has 1 saturated heterocycles. The standard InChI is InChI=1S/C21H21N5O4S/c1-30-20(29)14-5-6-15-16(12-14)23-21(31)26(19(15)28)13-18(27)25-10-8-24(9-11-25)17-4-2-3-7-22-17/h2-7,12H,8-11,13H2,1H3,(H,23,31). The van der Waals surface area contributed by atoms with E-state index in [9.17, 15) is 14.4 Å². The van der Waals surface area contributed by atoms with Gasteiger partial charge in [-0.1, -0.05) is 6.07 Å². The van der Waals surface area contributed by atoms with Crippen LogP contribution in [-0.4, -0.2) is 64.6 Å². The van der Waals surface area contributed by atoms with Crippen molar-refractivity contribution >= 4 is 40.8 Å². The molecule has 1 fully saturated rings. The summed E-state index contributed by atoms with van der Waals surface area (Å²) in [5, 5.41) is 0.342. The number of esters is 1. The maximum Gasteiger partial charge on any atom is 0.337 e. The minimum Gasteiger partial charge on any atom is -0.465 e. The number of carbonyl (C=O) groups excluding carboxylic acids is 2. The number of fused-ring (bicyclic) bond motifs is 1. The molecule has 0 unspecified atom stereocenters. The maximum absolute atomic E-state index is 12.9. The monoisotopic (exact) mass is 439 g/mol. The summed E-state index contributed by atoms with van der Waals surface area (Å²) in [6, 6.07) is 10.3. The summed E-state index contributed by atoms with van der Waals surface area (Å²) in [4.78, 5) is 48.6. The first-order valence-electron chi connectivity index (χ1n) is 9.77. The van der Waals surface area contributed by atoms with Gasteiger partial charge in [-0.2, -0.15) is 0 Å². The van der Waals surface area contributed by atoms with Gasteiger partial charge in [0.15, 0.2) is 4.77 Å². The highest BCUT2D eigenvalue weighted by Crippen LogP contribution is 2.14. The lowest BCUT2D eigenvalue weighted by Crippen LogP contribution is -2.50. The second kappa shape index (κ2) is 8.68. The molecule has 1 aliphatic heterocycles. The van der Waals surface area contributed by atoms with Crippen LogP contribution in [0.25, 0.3) is 10.9 Å². The number of piperazine rings is 1. The van der Waals surface area contributed by atoms with E-state index >= 15 is 0 Å². The Morgan fingerprint density at radius 1 is 1.16 bits per heavy atom. The summed E-state index contributed by atoms with van der Waals surface area (Å²) >= 11 is 5.31. The van der Waals surface area contributed by atoms with Crippen molar-refractivity contribution in [2.45, 2.75) is 6.54 Å². The number of anilines is 1. The number of aromatic nitrogens is 3.